The van der Waals surface area contributed by atoms with Gasteiger partial charge in [0, 0.05) is 18.3 Å². The Hall–Kier alpha value is -3.41. The van der Waals surface area contributed by atoms with Crippen molar-refractivity contribution in [3.8, 4) is 0 Å². The van der Waals surface area contributed by atoms with Gasteiger partial charge in [-0.15, -0.1) is 0 Å². The molecule has 5 rings (SSSR count). The maximum absolute atomic E-state index is 13.5. The topological polar surface area (TPSA) is 188 Å². The predicted molar refractivity (Wildman–Crippen MR) is 159 cm³/mol. The zero-order chi connectivity index (χ0) is 32.7. The molecule has 244 valence electrons. The number of carboxylic acid groups (broad SMARTS) is 1. The van der Waals surface area contributed by atoms with Crippen molar-refractivity contribution >= 4 is 29.4 Å². The fourth-order valence-electron chi connectivity index (χ4n) is 9.07. The number of esters is 1. The Morgan fingerprint density at radius 3 is 2.44 bits per heavy atom. The number of carbonyl (C=O) groups excluding carboxylic acids is 4. The fourth-order valence-corrected chi connectivity index (χ4v) is 9.07. The molecule has 0 heterocycles. The molecule has 0 saturated heterocycles. The van der Waals surface area contributed by atoms with E-state index in [9.17, 15) is 44.4 Å². The highest BCUT2D eigenvalue weighted by Crippen LogP contribution is 2.67. The zero-order valence-corrected chi connectivity index (χ0v) is 25.7. The highest BCUT2D eigenvalue weighted by Gasteiger charge is 2.68. The van der Waals surface area contributed by atoms with Gasteiger partial charge >= 0.3 is 11.9 Å². The molecule has 5 N–H and O–H groups in total. The average Bonchev–Trinajstić information content (AvgIpc) is 3.28. The van der Waals surface area contributed by atoms with Crippen molar-refractivity contribution < 1.29 is 49.1 Å². The lowest BCUT2D eigenvalue weighted by Gasteiger charge is -2.60. The summed E-state index contributed by atoms with van der Waals surface area (Å²) < 4.78 is 5.16. The molecule has 3 saturated carbocycles. The molecular weight excluding hydrogens is 582 g/mol. The summed E-state index contributed by atoms with van der Waals surface area (Å²) in [5.41, 5.74) is -1.63. The Bertz CT molecular complexity index is 1390. The summed E-state index contributed by atoms with van der Waals surface area (Å²) in [5.74, 6) is -3.66. The van der Waals surface area contributed by atoms with Crippen LogP contribution in [0.25, 0.3) is 0 Å². The summed E-state index contributed by atoms with van der Waals surface area (Å²) in [6.07, 6.45) is 2.23. The van der Waals surface area contributed by atoms with E-state index < -0.39 is 72.3 Å². The number of aliphatic carboxylic acids is 1. The number of allylic oxidation sites excluding steroid dienone is 1. The Balaban J connectivity index is 1.17. The first kappa shape index (κ1) is 33.0. The highest BCUT2D eigenvalue weighted by molar-refractivity contribution is 5.92. The third-order valence-corrected chi connectivity index (χ3v) is 11.5. The maximum Gasteiger partial charge on any atom is 0.329 e. The third kappa shape index (κ3) is 5.86. The molecule has 0 aliphatic heterocycles. The monoisotopic (exact) mass is 625 g/mol. The fraction of sp³-hybridized carbons (Fsp3) is 0.618. The molecule has 45 heavy (non-hydrogen) atoms. The van der Waals surface area contributed by atoms with Crippen molar-refractivity contribution in [3.63, 3.8) is 0 Å². The molecule has 1 amide bonds. The molecule has 0 aromatic heterocycles. The number of ketones is 2. The van der Waals surface area contributed by atoms with Crippen LogP contribution in [0.2, 0.25) is 0 Å². The van der Waals surface area contributed by atoms with Crippen LogP contribution in [0, 0.1) is 28.6 Å². The van der Waals surface area contributed by atoms with Gasteiger partial charge in [0.1, 0.15) is 11.7 Å². The van der Waals surface area contributed by atoms with Crippen molar-refractivity contribution in [3.05, 3.63) is 47.5 Å². The van der Waals surface area contributed by atoms with Crippen LogP contribution in [0.5, 0.6) is 0 Å². The minimum atomic E-state index is -1.80. The van der Waals surface area contributed by atoms with Gasteiger partial charge in [-0.1, -0.05) is 49.8 Å². The summed E-state index contributed by atoms with van der Waals surface area (Å²) >= 11 is 0. The molecule has 4 aliphatic carbocycles. The van der Waals surface area contributed by atoms with Crippen LogP contribution in [-0.4, -0.2) is 74.2 Å². The number of carboxylic acids is 1. The zero-order valence-electron chi connectivity index (χ0n) is 25.7. The van der Waals surface area contributed by atoms with E-state index in [1.807, 2.05) is 6.92 Å². The van der Waals surface area contributed by atoms with Crippen LogP contribution in [0.3, 0.4) is 0 Å². The minimum Gasteiger partial charge on any atom is -0.480 e. The van der Waals surface area contributed by atoms with Crippen LogP contribution in [0.1, 0.15) is 83.3 Å². The van der Waals surface area contributed by atoms with Crippen molar-refractivity contribution in [1.82, 2.24) is 5.32 Å². The van der Waals surface area contributed by atoms with Gasteiger partial charge in [0.2, 0.25) is 11.7 Å². The summed E-state index contributed by atoms with van der Waals surface area (Å²) in [7, 11) is 0. The number of hydrogen-bond acceptors (Lipinski definition) is 9. The molecule has 1 aromatic carbocycles. The maximum atomic E-state index is 13.5. The quantitative estimate of drug-likeness (QED) is 0.242. The molecule has 0 unspecified atom stereocenters. The van der Waals surface area contributed by atoms with Crippen molar-refractivity contribution in [2.45, 2.75) is 95.5 Å². The van der Waals surface area contributed by atoms with E-state index >= 15 is 0 Å². The molecule has 1 aromatic rings. The van der Waals surface area contributed by atoms with E-state index in [4.69, 9.17) is 4.74 Å². The van der Waals surface area contributed by atoms with Gasteiger partial charge in [-0.25, -0.2) is 4.79 Å². The number of ether oxygens (including phenoxy) is 1. The van der Waals surface area contributed by atoms with Gasteiger partial charge in [0.05, 0.1) is 12.5 Å². The first-order valence-corrected chi connectivity index (χ1v) is 15.8. The molecule has 0 spiro atoms. The lowest BCUT2D eigenvalue weighted by atomic mass is 9.45. The minimum absolute atomic E-state index is 0.0244. The smallest absolute Gasteiger partial charge is 0.329 e. The molecular formula is C34H43NO10. The second kappa shape index (κ2) is 12.4. The van der Waals surface area contributed by atoms with Crippen LogP contribution < -0.4 is 5.32 Å². The van der Waals surface area contributed by atoms with E-state index in [-0.39, 0.29) is 41.8 Å². The average molecular weight is 626 g/mol. The Morgan fingerprint density at radius 1 is 1.04 bits per heavy atom. The van der Waals surface area contributed by atoms with E-state index in [1.54, 1.807) is 24.3 Å². The number of rotatable bonds is 10. The van der Waals surface area contributed by atoms with Gasteiger partial charge in [-0.05, 0) is 73.3 Å². The Morgan fingerprint density at radius 2 is 1.76 bits per heavy atom. The number of fused-ring (bicyclic) bond motifs is 5. The molecule has 4 aliphatic rings. The number of benzene rings is 1. The standard InChI is InChI=1S/C34H43NO10/c1-32-14-12-21(36)16-20(32)8-9-22-23-13-15-34(44,33(23,2)17-24(37)28(22)32)25(38)18-45-27(40)11-10-26(39)35-29(31(42)43)30(41)19-6-4-3-5-7-19/h3-7,16,22-24,28-30,37,41,44H,8-15,17-18H2,1-2H3,(H,35,39)(H,42,43)/t22-,23-,24-,28+,29+,30-,32-,33-,34-/m0/s1. The normalized spacial score (nSPS) is 35.1. The van der Waals surface area contributed by atoms with Gasteiger partial charge < -0.3 is 30.5 Å². The summed E-state index contributed by atoms with van der Waals surface area (Å²) in [6, 6.07) is 6.35. The lowest BCUT2D eigenvalue weighted by Crippen LogP contribution is -2.62. The SMILES string of the molecule is C[C@]12CCC(=O)C=C1CC[C@@H]1[C@@H]2[C@@H](O)C[C@@]2(C)[C@H]1CC[C@]2(O)C(=O)COC(=O)CCC(=O)N[C@@H](C(=O)O)[C@@H](O)c1ccccc1. The van der Waals surface area contributed by atoms with Crippen molar-refractivity contribution in [2.24, 2.45) is 28.6 Å². The first-order chi connectivity index (χ1) is 21.2. The second-order valence-electron chi connectivity index (χ2n) is 13.8. The summed E-state index contributed by atoms with van der Waals surface area (Å²) in [6.45, 7) is 3.28. The van der Waals surface area contributed by atoms with Crippen LogP contribution in [0.15, 0.2) is 42.0 Å². The summed E-state index contributed by atoms with van der Waals surface area (Å²) in [4.78, 5) is 62.2. The van der Waals surface area contributed by atoms with Crippen molar-refractivity contribution in [1.29, 1.82) is 0 Å². The Kier molecular flexibility index (Phi) is 9.09. The van der Waals surface area contributed by atoms with Gasteiger partial charge in [0.15, 0.2) is 18.4 Å². The van der Waals surface area contributed by atoms with Gasteiger partial charge in [-0.3, -0.25) is 19.2 Å². The Labute approximate surface area is 262 Å². The molecule has 0 radical (unpaired) electrons. The molecule has 3 fully saturated rings. The number of amides is 1. The number of aliphatic hydroxyl groups is 3. The van der Waals surface area contributed by atoms with Gasteiger partial charge in [-0.2, -0.15) is 0 Å². The number of nitrogens with one attached hydrogen (secondary N) is 1. The largest absolute Gasteiger partial charge is 0.480 e. The molecule has 11 nitrogen and oxygen atoms in total. The van der Waals surface area contributed by atoms with E-state index in [0.717, 1.165) is 18.4 Å². The van der Waals surface area contributed by atoms with Crippen molar-refractivity contribution in [2.75, 3.05) is 6.61 Å². The molecule has 0 bridgehead atoms. The number of carbonyl (C=O) groups is 5. The second-order valence-corrected chi connectivity index (χ2v) is 13.8. The number of aliphatic hydroxyl groups excluding tert-OH is 2. The van der Waals surface area contributed by atoms with Crippen LogP contribution in [0.4, 0.5) is 0 Å². The van der Waals surface area contributed by atoms with E-state index in [2.05, 4.69) is 12.2 Å². The van der Waals surface area contributed by atoms with Gasteiger partial charge in [0.25, 0.3) is 0 Å². The van der Waals surface area contributed by atoms with Crippen LogP contribution in [-0.2, 0) is 28.7 Å². The van der Waals surface area contributed by atoms with E-state index in [1.165, 1.54) is 12.1 Å². The number of hydrogen-bond donors (Lipinski definition) is 5. The molecule has 11 heteroatoms. The predicted octanol–water partition coefficient (Wildman–Crippen LogP) is 2.42. The van der Waals surface area contributed by atoms with E-state index in [0.29, 0.717) is 24.8 Å². The number of Topliss-reactive ketones (excluding diaryl/α,β-unsaturated/α-hetero) is 1. The first-order valence-electron chi connectivity index (χ1n) is 15.8. The van der Waals surface area contributed by atoms with Crippen LogP contribution >= 0.6 is 0 Å². The summed E-state index contributed by atoms with van der Waals surface area (Å²) in [5, 5.41) is 45.5. The highest BCUT2D eigenvalue weighted by atomic mass is 16.5. The lowest BCUT2D eigenvalue weighted by molar-refractivity contribution is -0.184. The molecule has 9 atom stereocenters. The third-order valence-electron chi connectivity index (χ3n) is 11.5.